The zero-order chi connectivity index (χ0) is 13.1. The summed E-state index contributed by atoms with van der Waals surface area (Å²) in [4.78, 5) is 13.9. The van der Waals surface area contributed by atoms with E-state index in [0.29, 0.717) is 6.54 Å². The van der Waals surface area contributed by atoms with Crippen molar-refractivity contribution in [2.24, 2.45) is 5.73 Å². The minimum Gasteiger partial charge on any atom is -0.348 e. The summed E-state index contributed by atoms with van der Waals surface area (Å²) in [7, 11) is 0. The number of rotatable bonds is 4. The number of nitrogens with two attached hydrogens (primary N) is 1. The van der Waals surface area contributed by atoms with E-state index in [4.69, 9.17) is 5.73 Å². The third-order valence-corrected chi connectivity index (χ3v) is 3.39. The second kappa shape index (κ2) is 5.50. The summed E-state index contributed by atoms with van der Waals surface area (Å²) in [6.45, 7) is 6.18. The molecule has 0 bridgehead atoms. The van der Waals surface area contributed by atoms with Gasteiger partial charge in [0.1, 0.15) is 0 Å². The third-order valence-electron chi connectivity index (χ3n) is 3.39. The Bertz CT molecular complexity index is 427. The molecule has 1 aliphatic heterocycles. The van der Waals surface area contributed by atoms with Crippen LogP contribution >= 0.6 is 0 Å². The summed E-state index contributed by atoms with van der Waals surface area (Å²) in [5, 5.41) is 3.03. The van der Waals surface area contributed by atoms with E-state index in [2.05, 4.69) is 29.3 Å². The SMILES string of the molecule is Cc1ccccc1C(C)NC(=O)CN1CC(N)C1. The molecule has 1 aromatic rings. The van der Waals surface area contributed by atoms with Gasteiger partial charge in [-0.3, -0.25) is 9.69 Å². The largest absolute Gasteiger partial charge is 0.348 e. The molecule has 2 rings (SSSR count). The van der Waals surface area contributed by atoms with E-state index in [9.17, 15) is 4.79 Å². The van der Waals surface area contributed by atoms with Crippen LogP contribution in [0.4, 0.5) is 0 Å². The molecule has 1 unspecified atom stereocenters. The molecule has 98 valence electrons. The molecule has 1 heterocycles. The predicted octanol–water partition coefficient (Wildman–Crippen LogP) is 0.815. The molecule has 0 saturated carbocycles. The standard InChI is InChI=1S/C14H21N3O/c1-10-5-3-4-6-13(10)11(2)16-14(18)9-17-7-12(15)8-17/h3-6,11-12H,7-9,15H2,1-2H3,(H,16,18). The summed E-state index contributed by atoms with van der Waals surface area (Å²) >= 11 is 0. The molecule has 0 spiro atoms. The van der Waals surface area contributed by atoms with Crippen molar-refractivity contribution in [1.82, 2.24) is 10.2 Å². The van der Waals surface area contributed by atoms with Crippen LogP contribution in [0.15, 0.2) is 24.3 Å². The molecule has 0 aliphatic carbocycles. The summed E-state index contributed by atoms with van der Waals surface area (Å²) < 4.78 is 0. The highest BCUT2D eigenvalue weighted by atomic mass is 16.2. The summed E-state index contributed by atoms with van der Waals surface area (Å²) in [6, 6.07) is 8.42. The summed E-state index contributed by atoms with van der Waals surface area (Å²) in [5.41, 5.74) is 8.06. The maximum Gasteiger partial charge on any atom is 0.234 e. The van der Waals surface area contributed by atoms with Crippen molar-refractivity contribution < 1.29 is 4.79 Å². The number of amides is 1. The van der Waals surface area contributed by atoms with Gasteiger partial charge in [0.05, 0.1) is 12.6 Å². The molecular weight excluding hydrogens is 226 g/mol. The van der Waals surface area contributed by atoms with E-state index in [1.54, 1.807) is 0 Å². The van der Waals surface area contributed by atoms with Gasteiger partial charge in [0.25, 0.3) is 0 Å². The maximum atomic E-state index is 11.9. The Balaban J connectivity index is 1.85. The average molecular weight is 247 g/mol. The van der Waals surface area contributed by atoms with Crippen LogP contribution < -0.4 is 11.1 Å². The Labute approximate surface area is 108 Å². The van der Waals surface area contributed by atoms with Crippen LogP contribution in [0.5, 0.6) is 0 Å². The first-order chi connectivity index (χ1) is 8.56. The molecule has 18 heavy (non-hydrogen) atoms. The fraction of sp³-hybridized carbons (Fsp3) is 0.500. The number of carbonyl (C=O) groups excluding carboxylic acids is 1. The van der Waals surface area contributed by atoms with Crippen molar-refractivity contribution in [1.29, 1.82) is 0 Å². The highest BCUT2D eigenvalue weighted by Gasteiger charge is 2.25. The molecule has 1 atom stereocenters. The van der Waals surface area contributed by atoms with E-state index >= 15 is 0 Å². The minimum atomic E-state index is 0.0497. The molecular formula is C14H21N3O. The molecule has 0 aromatic heterocycles. The number of likely N-dealkylation sites (tertiary alicyclic amines) is 1. The zero-order valence-electron chi connectivity index (χ0n) is 11.0. The van der Waals surface area contributed by atoms with Gasteiger partial charge in [-0.2, -0.15) is 0 Å². The van der Waals surface area contributed by atoms with Crippen molar-refractivity contribution >= 4 is 5.91 Å². The Kier molecular flexibility index (Phi) is 3.99. The molecule has 4 heteroatoms. The Morgan fingerprint density at radius 2 is 2.17 bits per heavy atom. The van der Waals surface area contributed by atoms with Gasteiger partial charge < -0.3 is 11.1 Å². The van der Waals surface area contributed by atoms with Crippen LogP contribution in [0.25, 0.3) is 0 Å². The fourth-order valence-corrected chi connectivity index (χ4v) is 2.38. The van der Waals surface area contributed by atoms with Crippen molar-refractivity contribution in [3.8, 4) is 0 Å². The smallest absolute Gasteiger partial charge is 0.234 e. The predicted molar refractivity (Wildman–Crippen MR) is 72.2 cm³/mol. The van der Waals surface area contributed by atoms with Crippen molar-refractivity contribution in [3.05, 3.63) is 35.4 Å². The number of carbonyl (C=O) groups is 1. The first-order valence-electron chi connectivity index (χ1n) is 6.39. The lowest BCUT2D eigenvalue weighted by Gasteiger charge is -2.36. The monoisotopic (exact) mass is 247 g/mol. The number of benzene rings is 1. The molecule has 1 amide bonds. The van der Waals surface area contributed by atoms with Crippen LogP contribution in [0.2, 0.25) is 0 Å². The van der Waals surface area contributed by atoms with E-state index in [0.717, 1.165) is 13.1 Å². The summed E-state index contributed by atoms with van der Waals surface area (Å²) in [6.07, 6.45) is 0. The second-order valence-electron chi connectivity index (χ2n) is 5.10. The lowest BCUT2D eigenvalue weighted by Crippen LogP contribution is -2.58. The van der Waals surface area contributed by atoms with Gasteiger partial charge >= 0.3 is 0 Å². The van der Waals surface area contributed by atoms with Crippen LogP contribution in [0.3, 0.4) is 0 Å². The highest BCUT2D eigenvalue weighted by Crippen LogP contribution is 2.16. The Hall–Kier alpha value is -1.39. The van der Waals surface area contributed by atoms with E-state index in [1.165, 1.54) is 11.1 Å². The molecule has 4 nitrogen and oxygen atoms in total. The first kappa shape index (κ1) is 13.1. The van der Waals surface area contributed by atoms with Gasteiger partial charge in [0.15, 0.2) is 0 Å². The van der Waals surface area contributed by atoms with E-state index in [-0.39, 0.29) is 18.0 Å². The lowest BCUT2D eigenvalue weighted by molar-refractivity contribution is -0.123. The van der Waals surface area contributed by atoms with Crippen LogP contribution in [-0.2, 0) is 4.79 Å². The molecule has 0 radical (unpaired) electrons. The normalized spacial score (nSPS) is 18.2. The average Bonchev–Trinajstić information content (AvgIpc) is 2.27. The van der Waals surface area contributed by atoms with Crippen molar-refractivity contribution in [3.63, 3.8) is 0 Å². The van der Waals surface area contributed by atoms with Gasteiger partial charge in [-0.25, -0.2) is 0 Å². The minimum absolute atomic E-state index is 0.0497. The zero-order valence-corrected chi connectivity index (χ0v) is 11.0. The van der Waals surface area contributed by atoms with Gasteiger partial charge in [-0.05, 0) is 25.0 Å². The fourth-order valence-electron chi connectivity index (χ4n) is 2.38. The van der Waals surface area contributed by atoms with Gasteiger partial charge in [-0.15, -0.1) is 0 Å². The Morgan fingerprint density at radius 1 is 1.50 bits per heavy atom. The Morgan fingerprint density at radius 3 is 2.78 bits per heavy atom. The van der Waals surface area contributed by atoms with Gasteiger partial charge in [0, 0.05) is 19.1 Å². The molecule has 1 fully saturated rings. The quantitative estimate of drug-likeness (QED) is 0.828. The van der Waals surface area contributed by atoms with Gasteiger partial charge in [0.2, 0.25) is 5.91 Å². The molecule has 1 aromatic carbocycles. The summed E-state index contributed by atoms with van der Waals surface area (Å²) in [5.74, 6) is 0.0673. The first-order valence-corrected chi connectivity index (χ1v) is 6.39. The number of nitrogens with one attached hydrogen (secondary N) is 1. The second-order valence-corrected chi connectivity index (χ2v) is 5.10. The number of nitrogens with zero attached hydrogens (tertiary/aromatic N) is 1. The number of hydrogen-bond acceptors (Lipinski definition) is 3. The highest BCUT2D eigenvalue weighted by molar-refractivity contribution is 5.78. The number of hydrogen-bond donors (Lipinski definition) is 2. The molecule has 3 N–H and O–H groups in total. The lowest BCUT2D eigenvalue weighted by atomic mass is 10.0. The maximum absolute atomic E-state index is 11.9. The van der Waals surface area contributed by atoms with Crippen molar-refractivity contribution in [2.75, 3.05) is 19.6 Å². The topological polar surface area (TPSA) is 58.4 Å². The van der Waals surface area contributed by atoms with E-state index < -0.39 is 0 Å². The third kappa shape index (κ3) is 3.09. The molecule has 1 aliphatic rings. The van der Waals surface area contributed by atoms with Crippen LogP contribution in [0, 0.1) is 6.92 Å². The molecule has 1 saturated heterocycles. The van der Waals surface area contributed by atoms with Gasteiger partial charge in [-0.1, -0.05) is 24.3 Å². The van der Waals surface area contributed by atoms with Crippen LogP contribution in [0.1, 0.15) is 24.1 Å². The number of aryl methyl sites for hydroxylation is 1. The van der Waals surface area contributed by atoms with E-state index in [1.807, 2.05) is 19.1 Å². The van der Waals surface area contributed by atoms with Crippen molar-refractivity contribution in [2.45, 2.75) is 25.9 Å². The van der Waals surface area contributed by atoms with Crippen LogP contribution in [-0.4, -0.2) is 36.5 Å².